The third-order valence-electron chi connectivity index (χ3n) is 6.09. The van der Waals surface area contributed by atoms with E-state index in [0.717, 1.165) is 36.9 Å². The molecular weight excluding hydrogens is 292 g/mol. The van der Waals surface area contributed by atoms with Crippen molar-refractivity contribution in [2.45, 2.75) is 111 Å². The zero-order chi connectivity index (χ0) is 17.6. The molecular formula is C23H46O. The lowest BCUT2D eigenvalue weighted by Gasteiger charge is -2.18. The van der Waals surface area contributed by atoms with Gasteiger partial charge in [-0.1, -0.05) is 105 Å². The smallest absolute Gasteiger partial charge is 0.0492 e. The van der Waals surface area contributed by atoms with Crippen LogP contribution in [0.5, 0.6) is 0 Å². The lowest BCUT2D eigenvalue weighted by atomic mass is 9.88. The second kappa shape index (κ2) is 14.2. The quantitative estimate of drug-likeness (QED) is 0.441. The van der Waals surface area contributed by atoms with Gasteiger partial charge in [-0.15, -0.1) is 0 Å². The Labute approximate surface area is 153 Å². The molecule has 1 saturated heterocycles. The van der Waals surface area contributed by atoms with E-state index in [4.69, 9.17) is 4.74 Å². The lowest BCUT2D eigenvalue weighted by molar-refractivity contribution is 0.188. The van der Waals surface area contributed by atoms with E-state index in [1.165, 1.54) is 83.5 Å². The van der Waals surface area contributed by atoms with Gasteiger partial charge in [-0.3, -0.25) is 0 Å². The topological polar surface area (TPSA) is 9.23 Å². The summed E-state index contributed by atoms with van der Waals surface area (Å²) in [5.74, 6) is 3.97. The van der Waals surface area contributed by atoms with Gasteiger partial charge in [-0.25, -0.2) is 0 Å². The molecule has 1 aliphatic heterocycles. The van der Waals surface area contributed by atoms with E-state index in [0.29, 0.717) is 0 Å². The Kier molecular flexibility index (Phi) is 13.0. The Morgan fingerprint density at radius 1 is 0.458 bits per heavy atom. The average molecular weight is 339 g/mol. The van der Waals surface area contributed by atoms with Crippen molar-refractivity contribution in [1.29, 1.82) is 0 Å². The SMILES string of the molecule is CC1CCC1.CC1CCCC1.CC1CCCCC1.CC1CCOC1. The average Bonchev–Trinajstić information content (AvgIpc) is 3.21. The van der Waals surface area contributed by atoms with Crippen molar-refractivity contribution >= 4 is 0 Å². The predicted molar refractivity (Wildman–Crippen MR) is 107 cm³/mol. The summed E-state index contributed by atoms with van der Waals surface area (Å²) < 4.78 is 5.06. The molecule has 144 valence electrons. The summed E-state index contributed by atoms with van der Waals surface area (Å²) in [7, 11) is 0. The Bertz CT molecular complexity index is 239. The number of hydrogen-bond acceptors (Lipinski definition) is 1. The molecule has 0 aromatic rings. The molecule has 1 atom stereocenters. The molecule has 24 heavy (non-hydrogen) atoms. The first kappa shape index (κ1) is 22.0. The highest BCUT2D eigenvalue weighted by Crippen LogP contribution is 2.24. The third-order valence-corrected chi connectivity index (χ3v) is 6.09. The van der Waals surface area contributed by atoms with Gasteiger partial charge in [-0.2, -0.15) is 0 Å². The highest BCUT2D eigenvalue weighted by Gasteiger charge is 2.09. The molecule has 1 unspecified atom stereocenters. The minimum atomic E-state index is 0.824. The lowest BCUT2D eigenvalue weighted by Crippen LogP contribution is -2.04. The van der Waals surface area contributed by atoms with E-state index in [-0.39, 0.29) is 0 Å². The largest absolute Gasteiger partial charge is 0.381 e. The Balaban J connectivity index is 0.000000161. The normalized spacial score (nSPS) is 27.8. The molecule has 0 N–H and O–H groups in total. The Morgan fingerprint density at radius 2 is 0.875 bits per heavy atom. The highest BCUT2D eigenvalue weighted by atomic mass is 16.5. The van der Waals surface area contributed by atoms with Crippen LogP contribution >= 0.6 is 0 Å². The van der Waals surface area contributed by atoms with E-state index >= 15 is 0 Å². The minimum Gasteiger partial charge on any atom is -0.381 e. The van der Waals surface area contributed by atoms with Gasteiger partial charge in [0.2, 0.25) is 0 Å². The van der Waals surface area contributed by atoms with Crippen LogP contribution in [0.2, 0.25) is 0 Å². The van der Waals surface area contributed by atoms with Crippen LogP contribution in [0.15, 0.2) is 0 Å². The first-order chi connectivity index (χ1) is 11.6. The first-order valence-corrected chi connectivity index (χ1v) is 11.2. The van der Waals surface area contributed by atoms with Gasteiger partial charge in [0.05, 0.1) is 0 Å². The summed E-state index contributed by atoms with van der Waals surface area (Å²) in [6, 6.07) is 0. The molecule has 4 aliphatic rings. The van der Waals surface area contributed by atoms with E-state index < -0.39 is 0 Å². The molecule has 3 saturated carbocycles. The Hall–Kier alpha value is -0.0400. The molecule has 3 aliphatic carbocycles. The van der Waals surface area contributed by atoms with Gasteiger partial charge in [-0.05, 0) is 30.1 Å². The second-order valence-electron chi connectivity index (χ2n) is 9.14. The minimum absolute atomic E-state index is 0.824. The summed E-state index contributed by atoms with van der Waals surface area (Å²) in [6.07, 6.45) is 19.1. The fourth-order valence-corrected chi connectivity index (χ4v) is 3.70. The molecule has 0 bridgehead atoms. The first-order valence-electron chi connectivity index (χ1n) is 11.2. The number of rotatable bonds is 0. The summed E-state index contributed by atoms with van der Waals surface area (Å²) in [4.78, 5) is 0. The monoisotopic (exact) mass is 338 g/mol. The molecule has 0 radical (unpaired) electrons. The van der Waals surface area contributed by atoms with Crippen LogP contribution in [0.4, 0.5) is 0 Å². The highest BCUT2D eigenvalue weighted by molar-refractivity contribution is 4.62. The van der Waals surface area contributed by atoms with Crippen LogP contribution in [0.1, 0.15) is 111 Å². The van der Waals surface area contributed by atoms with Gasteiger partial charge in [0.1, 0.15) is 0 Å². The van der Waals surface area contributed by atoms with Crippen molar-refractivity contribution in [2.24, 2.45) is 23.7 Å². The van der Waals surface area contributed by atoms with Gasteiger partial charge < -0.3 is 4.74 Å². The summed E-state index contributed by atoms with van der Waals surface area (Å²) in [6.45, 7) is 11.2. The van der Waals surface area contributed by atoms with Crippen LogP contribution in [-0.4, -0.2) is 13.2 Å². The van der Waals surface area contributed by atoms with E-state index in [2.05, 4.69) is 27.7 Å². The van der Waals surface area contributed by atoms with Crippen molar-refractivity contribution in [3.05, 3.63) is 0 Å². The molecule has 1 heterocycles. The van der Waals surface area contributed by atoms with Crippen molar-refractivity contribution < 1.29 is 4.74 Å². The molecule has 0 amide bonds. The molecule has 1 heteroatoms. The van der Waals surface area contributed by atoms with Crippen LogP contribution in [0.25, 0.3) is 0 Å². The maximum Gasteiger partial charge on any atom is 0.0492 e. The maximum atomic E-state index is 5.06. The molecule has 4 rings (SSSR count). The van der Waals surface area contributed by atoms with E-state index in [1.807, 2.05) is 0 Å². The van der Waals surface area contributed by atoms with Crippen molar-refractivity contribution in [3.8, 4) is 0 Å². The maximum absolute atomic E-state index is 5.06. The van der Waals surface area contributed by atoms with Gasteiger partial charge in [0.25, 0.3) is 0 Å². The fraction of sp³-hybridized carbons (Fsp3) is 1.00. The number of hydrogen-bond donors (Lipinski definition) is 0. The molecule has 1 nitrogen and oxygen atoms in total. The Morgan fingerprint density at radius 3 is 1.00 bits per heavy atom. The third kappa shape index (κ3) is 12.3. The van der Waals surface area contributed by atoms with Crippen molar-refractivity contribution in [3.63, 3.8) is 0 Å². The summed E-state index contributed by atoms with van der Waals surface area (Å²) in [5.41, 5.74) is 0. The van der Waals surface area contributed by atoms with Gasteiger partial charge in [0.15, 0.2) is 0 Å². The van der Waals surface area contributed by atoms with Crippen LogP contribution in [-0.2, 0) is 4.74 Å². The van der Waals surface area contributed by atoms with Gasteiger partial charge in [0, 0.05) is 13.2 Å². The fourth-order valence-electron chi connectivity index (χ4n) is 3.70. The zero-order valence-corrected chi connectivity index (χ0v) is 17.3. The second-order valence-corrected chi connectivity index (χ2v) is 9.14. The van der Waals surface area contributed by atoms with Crippen LogP contribution in [0, 0.1) is 23.7 Å². The van der Waals surface area contributed by atoms with Gasteiger partial charge >= 0.3 is 0 Å². The molecule has 4 fully saturated rings. The summed E-state index contributed by atoms with van der Waals surface area (Å²) in [5, 5.41) is 0. The van der Waals surface area contributed by atoms with Crippen LogP contribution < -0.4 is 0 Å². The van der Waals surface area contributed by atoms with Crippen molar-refractivity contribution in [2.75, 3.05) is 13.2 Å². The van der Waals surface area contributed by atoms with Crippen molar-refractivity contribution in [1.82, 2.24) is 0 Å². The summed E-state index contributed by atoms with van der Waals surface area (Å²) >= 11 is 0. The number of ether oxygens (including phenoxy) is 1. The molecule has 0 spiro atoms. The predicted octanol–water partition coefficient (Wildman–Crippen LogP) is 7.63. The van der Waals surface area contributed by atoms with E-state index in [1.54, 1.807) is 0 Å². The van der Waals surface area contributed by atoms with Crippen LogP contribution in [0.3, 0.4) is 0 Å². The standard InChI is InChI=1S/C7H14.C6H12.C5H10O.C5H10/c1-7-5-3-2-4-6-7;1-6-4-2-3-5-6;1-5-2-3-6-4-5;1-5-3-2-4-5/h7H,2-6H2,1H3;6H,2-5H2,1H3;5H,2-4H2,1H3;5H,2-4H2,1H3. The zero-order valence-electron chi connectivity index (χ0n) is 17.3. The molecule has 0 aromatic heterocycles. The molecule has 0 aromatic carbocycles. The van der Waals surface area contributed by atoms with E-state index in [9.17, 15) is 0 Å².